The Labute approximate surface area is 169 Å². The first-order valence-electron chi connectivity index (χ1n) is 9.53. The predicted octanol–water partition coefficient (Wildman–Crippen LogP) is 0.572. The first-order valence-corrected chi connectivity index (χ1v) is 9.53. The lowest BCUT2D eigenvalue weighted by Crippen LogP contribution is -2.80. The van der Waals surface area contributed by atoms with Crippen molar-refractivity contribution in [3.63, 3.8) is 0 Å². The van der Waals surface area contributed by atoms with Gasteiger partial charge in [0.2, 0.25) is 0 Å². The number of methoxy groups -OCH3 is 1. The van der Waals surface area contributed by atoms with Gasteiger partial charge >= 0.3 is 0 Å². The molecular weight excluding hydrogens is 380 g/mol. The monoisotopic (exact) mass is 408 g/mol. The normalized spacial score (nSPS) is 46.6. The Bertz CT molecular complexity index is 819. The Morgan fingerprint density at radius 3 is 2.48 bits per heavy atom. The molecule has 0 spiro atoms. The van der Waals surface area contributed by atoms with Crippen molar-refractivity contribution in [2.45, 2.75) is 44.2 Å². The van der Waals surface area contributed by atoms with E-state index in [2.05, 4.69) is 0 Å². The highest BCUT2D eigenvalue weighted by molar-refractivity contribution is 6.22. The van der Waals surface area contributed by atoms with Crippen LogP contribution in [0, 0.1) is 17.3 Å². The van der Waals surface area contributed by atoms with Gasteiger partial charge in [0, 0.05) is 25.0 Å². The zero-order valence-electron chi connectivity index (χ0n) is 17.0. The second-order valence-corrected chi connectivity index (χ2v) is 8.43. The van der Waals surface area contributed by atoms with E-state index in [0.717, 1.165) is 0 Å². The van der Waals surface area contributed by atoms with Gasteiger partial charge in [0.05, 0.1) is 24.5 Å². The van der Waals surface area contributed by atoms with Gasteiger partial charge < -0.3 is 29.9 Å². The van der Waals surface area contributed by atoms with Crippen molar-refractivity contribution in [2.24, 2.45) is 17.3 Å². The predicted molar refractivity (Wildman–Crippen MR) is 102 cm³/mol. The summed E-state index contributed by atoms with van der Waals surface area (Å²) in [5, 5.41) is 43.1. The summed E-state index contributed by atoms with van der Waals surface area (Å²) < 4.78 is 10.9. The molecule has 0 radical (unpaired) electrons. The summed E-state index contributed by atoms with van der Waals surface area (Å²) in [5.41, 5.74) is -5.95. The van der Waals surface area contributed by atoms with Crippen LogP contribution in [0.15, 0.2) is 35.6 Å². The van der Waals surface area contributed by atoms with E-state index in [1.54, 1.807) is 19.1 Å². The maximum Gasteiger partial charge on any atom is 0.191 e. The Balaban J connectivity index is 2.24. The number of ether oxygens (including phenoxy) is 2. The first-order chi connectivity index (χ1) is 13.5. The second kappa shape index (κ2) is 6.85. The van der Waals surface area contributed by atoms with E-state index in [1.165, 1.54) is 33.1 Å². The van der Waals surface area contributed by atoms with Gasteiger partial charge in [-0.1, -0.05) is 18.2 Å². The van der Waals surface area contributed by atoms with Crippen LogP contribution in [-0.2, 0) is 19.1 Å². The highest BCUT2D eigenvalue weighted by Crippen LogP contribution is 2.64. The molecule has 160 valence electrons. The van der Waals surface area contributed by atoms with E-state index in [-0.39, 0.29) is 12.0 Å². The third kappa shape index (κ3) is 2.70. The summed E-state index contributed by atoms with van der Waals surface area (Å²) >= 11 is 0. The number of hydrogen-bond donors (Lipinski definition) is 4. The molecule has 1 aliphatic heterocycles. The van der Waals surface area contributed by atoms with Gasteiger partial charge in [-0.2, -0.15) is 0 Å². The van der Waals surface area contributed by atoms with Gasteiger partial charge in [-0.15, -0.1) is 0 Å². The average molecular weight is 408 g/mol. The number of fused-ring (bicyclic) bond motifs is 2. The zero-order valence-corrected chi connectivity index (χ0v) is 17.0. The van der Waals surface area contributed by atoms with Crippen LogP contribution < -0.4 is 0 Å². The van der Waals surface area contributed by atoms with Crippen LogP contribution in [0.5, 0.6) is 0 Å². The van der Waals surface area contributed by atoms with E-state index in [4.69, 9.17) is 9.47 Å². The van der Waals surface area contributed by atoms with Crippen LogP contribution in [0.2, 0.25) is 0 Å². The van der Waals surface area contributed by atoms with Crippen molar-refractivity contribution >= 4 is 11.6 Å². The van der Waals surface area contributed by atoms with Crippen molar-refractivity contribution in [3.8, 4) is 0 Å². The molecule has 0 aromatic carbocycles. The molecule has 3 saturated carbocycles. The molecule has 2 bridgehead atoms. The number of carbonyl (C=O) groups excluding carboxylic acids is 2. The summed E-state index contributed by atoms with van der Waals surface area (Å²) in [7, 11) is 1.33. The number of Topliss-reactive ketones (excluding diaryl/α,β-unsaturated/α-hetero) is 2. The molecule has 4 N–H and O–H groups in total. The number of rotatable bonds is 4. The maximum absolute atomic E-state index is 13.4. The molecule has 6 atom stereocenters. The van der Waals surface area contributed by atoms with Crippen LogP contribution in [0.4, 0.5) is 0 Å². The fourth-order valence-electron chi connectivity index (χ4n) is 5.32. The van der Waals surface area contributed by atoms with Gasteiger partial charge in [-0.3, -0.25) is 9.59 Å². The van der Waals surface area contributed by atoms with Gasteiger partial charge in [0.25, 0.3) is 0 Å². The standard InChI is InChI=1S/C21H28O8/c1-5-6-7-8-12(23)14-15-19(3,26)17(25)18(2,16(14)24)13-9-20(10-22,28-4)29-11-21(13,15)27/h5-8,13,15,22-23,26-27H,9-11H2,1-4H3/b6-5+,8-7+,14-12-/t13?,15-,18+,19?,20-,21-/m0/s1. The summed E-state index contributed by atoms with van der Waals surface area (Å²) in [6.45, 7) is 3.46. The smallest absolute Gasteiger partial charge is 0.191 e. The lowest BCUT2D eigenvalue weighted by Gasteiger charge is -2.65. The topological polar surface area (TPSA) is 134 Å². The molecular formula is C21H28O8. The van der Waals surface area contributed by atoms with E-state index >= 15 is 0 Å². The molecule has 29 heavy (non-hydrogen) atoms. The molecule has 1 saturated heterocycles. The van der Waals surface area contributed by atoms with Crippen LogP contribution in [0.1, 0.15) is 27.2 Å². The van der Waals surface area contributed by atoms with E-state index in [0.29, 0.717) is 0 Å². The van der Waals surface area contributed by atoms with Crippen molar-refractivity contribution in [2.75, 3.05) is 20.3 Å². The average Bonchev–Trinajstić information content (AvgIpc) is 2.69. The number of allylic oxidation sites excluding steroid dienone is 4. The maximum atomic E-state index is 13.4. The highest BCUT2D eigenvalue weighted by Gasteiger charge is 2.78. The number of aliphatic hydroxyl groups excluding tert-OH is 2. The largest absolute Gasteiger partial charge is 0.508 e. The molecule has 0 amide bonds. The van der Waals surface area contributed by atoms with Gasteiger partial charge in [-0.05, 0) is 26.8 Å². The molecule has 2 unspecified atom stereocenters. The highest BCUT2D eigenvalue weighted by atomic mass is 16.7. The molecule has 1 heterocycles. The van der Waals surface area contributed by atoms with Crippen LogP contribution in [0.3, 0.4) is 0 Å². The summed E-state index contributed by atoms with van der Waals surface area (Å²) in [6.07, 6.45) is 6.04. The lowest BCUT2D eigenvalue weighted by molar-refractivity contribution is -0.338. The number of aliphatic hydroxyl groups is 4. The quantitative estimate of drug-likeness (QED) is 0.230. The van der Waals surface area contributed by atoms with Gasteiger partial charge in [-0.25, -0.2) is 0 Å². The summed E-state index contributed by atoms with van der Waals surface area (Å²) in [5.74, 6) is -5.64. The van der Waals surface area contributed by atoms with Crippen molar-refractivity contribution < 1.29 is 39.5 Å². The second-order valence-electron chi connectivity index (χ2n) is 8.43. The third-order valence-corrected chi connectivity index (χ3v) is 6.83. The van der Waals surface area contributed by atoms with Gasteiger partial charge in [0.1, 0.15) is 17.0 Å². The number of ketones is 2. The third-order valence-electron chi connectivity index (χ3n) is 6.83. The molecule has 4 rings (SSSR count). The van der Waals surface area contributed by atoms with E-state index in [1.807, 2.05) is 0 Å². The van der Waals surface area contributed by atoms with E-state index in [9.17, 15) is 30.0 Å². The van der Waals surface area contributed by atoms with Crippen molar-refractivity contribution in [1.82, 2.24) is 0 Å². The Hall–Kier alpha value is -1.84. The SMILES string of the molecule is C/C=C/C=C/C(O)=C1/C(=O)[C@]2(C)C(=O)C(C)(O)[C@H]1[C@]1(O)CO[C@@](CO)(OC)CC21. The minimum atomic E-state index is -2.10. The molecule has 8 nitrogen and oxygen atoms in total. The molecule has 0 aromatic heterocycles. The Morgan fingerprint density at radius 2 is 1.93 bits per heavy atom. The Morgan fingerprint density at radius 1 is 1.28 bits per heavy atom. The molecule has 8 heteroatoms. The first kappa shape index (κ1) is 21.9. The molecule has 4 aliphatic rings. The zero-order chi connectivity index (χ0) is 21.8. The fourth-order valence-corrected chi connectivity index (χ4v) is 5.32. The summed E-state index contributed by atoms with van der Waals surface area (Å²) in [6, 6.07) is 0. The van der Waals surface area contributed by atoms with Crippen molar-refractivity contribution in [3.05, 3.63) is 35.6 Å². The van der Waals surface area contributed by atoms with Crippen LogP contribution in [-0.4, -0.2) is 69.3 Å². The minimum absolute atomic E-state index is 0.125. The van der Waals surface area contributed by atoms with Crippen LogP contribution in [0.25, 0.3) is 0 Å². The number of carbonyl (C=O) groups is 2. The molecule has 0 aromatic rings. The number of hydrogen-bond acceptors (Lipinski definition) is 8. The van der Waals surface area contributed by atoms with E-state index < -0.39 is 64.8 Å². The molecule has 4 fully saturated rings. The van der Waals surface area contributed by atoms with Gasteiger partial charge in [0.15, 0.2) is 17.4 Å². The Kier molecular flexibility index (Phi) is 5.16. The van der Waals surface area contributed by atoms with Crippen LogP contribution >= 0.6 is 0 Å². The van der Waals surface area contributed by atoms with Crippen molar-refractivity contribution in [1.29, 1.82) is 0 Å². The molecule has 3 aliphatic carbocycles. The fraction of sp³-hybridized carbons (Fsp3) is 0.619. The summed E-state index contributed by atoms with van der Waals surface area (Å²) in [4.78, 5) is 26.6. The minimum Gasteiger partial charge on any atom is -0.508 e. The lowest BCUT2D eigenvalue weighted by atomic mass is 9.41.